The summed E-state index contributed by atoms with van der Waals surface area (Å²) < 4.78 is 28.5. The van der Waals surface area contributed by atoms with E-state index in [1.54, 1.807) is 4.31 Å². The van der Waals surface area contributed by atoms with E-state index in [0.29, 0.717) is 36.6 Å². The van der Waals surface area contributed by atoms with E-state index in [1.165, 1.54) is 0 Å². The maximum atomic E-state index is 13.1. The molecule has 2 aromatic rings. The molecule has 0 spiro atoms. The molecule has 7 heteroatoms. The minimum absolute atomic E-state index is 0.00715. The van der Waals surface area contributed by atoms with Gasteiger partial charge in [-0.15, -0.1) is 0 Å². The molecule has 2 aliphatic rings. The van der Waals surface area contributed by atoms with Crippen molar-refractivity contribution in [1.82, 2.24) is 8.87 Å². The lowest BCUT2D eigenvalue weighted by Gasteiger charge is -2.42. The summed E-state index contributed by atoms with van der Waals surface area (Å²) >= 11 is 5.92. The van der Waals surface area contributed by atoms with Crippen LogP contribution in [0.3, 0.4) is 0 Å². The summed E-state index contributed by atoms with van der Waals surface area (Å²) in [7, 11) is -3.21. The van der Waals surface area contributed by atoms with Crippen LogP contribution in [0.1, 0.15) is 42.5 Å². The summed E-state index contributed by atoms with van der Waals surface area (Å²) in [5.74, 6) is 0.449. The van der Waals surface area contributed by atoms with E-state index in [0.717, 1.165) is 17.7 Å². The van der Waals surface area contributed by atoms with Crippen LogP contribution in [0.2, 0.25) is 5.02 Å². The zero-order chi connectivity index (χ0) is 20.6. The van der Waals surface area contributed by atoms with Crippen LogP contribution in [-0.2, 0) is 16.6 Å². The van der Waals surface area contributed by atoms with Gasteiger partial charge in [0.15, 0.2) is 0 Å². The number of hydrogen-bond acceptors (Lipinski definition) is 3. The molecule has 2 bridgehead atoms. The van der Waals surface area contributed by atoms with Crippen LogP contribution in [0.25, 0.3) is 12.2 Å². The number of halogens is 1. The van der Waals surface area contributed by atoms with Gasteiger partial charge in [-0.3, -0.25) is 4.79 Å². The van der Waals surface area contributed by atoms with Crippen molar-refractivity contribution < 1.29 is 8.42 Å². The predicted octanol–water partition coefficient (Wildman–Crippen LogP) is 3.83. The van der Waals surface area contributed by atoms with Crippen LogP contribution in [-0.4, -0.2) is 36.1 Å². The first-order valence-corrected chi connectivity index (χ1v) is 12.0. The number of pyridine rings is 1. The van der Waals surface area contributed by atoms with Crippen LogP contribution >= 0.6 is 11.6 Å². The molecule has 0 radical (unpaired) electrons. The molecule has 29 heavy (non-hydrogen) atoms. The molecule has 154 valence electrons. The molecule has 2 atom stereocenters. The molecular weight excluding hydrogens is 408 g/mol. The molecule has 0 amide bonds. The average Bonchev–Trinajstić information content (AvgIpc) is 2.69. The molecule has 1 saturated heterocycles. The fourth-order valence-corrected chi connectivity index (χ4v) is 6.16. The third kappa shape index (κ3) is 4.20. The SMILES string of the molecule is CCCS(=O)(=O)N1CC2CC(C1)c1ccc(C=Cc3ccc(Cl)cc3)c(=O)n1C2. The fraction of sp³-hybridized carbons (Fsp3) is 0.409. The topological polar surface area (TPSA) is 59.4 Å². The van der Waals surface area contributed by atoms with Crippen LogP contribution in [0.4, 0.5) is 0 Å². The lowest BCUT2D eigenvalue weighted by atomic mass is 9.84. The maximum absolute atomic E-state index is 13.1. The van der Waals surface area contributed by atoms with Crippen LogP contribution in [0.5, 0.6) is 0 Å². The number of rotatable bonds is 5. The van der Waals surface area contributed by atoms with E-state index >= 15 is 0 Å². The largest absolute Gasteiger partial charge is 0.311 e. The second-order valence-corrected chi connectivity index (χ2v) is 10.5. The summed E-state index contributed by atoms with van der Waals surface area (Å²) in [6, 6.07) is 11.3. The monoisotopic (exact) mass is 432 g/mol. The highest BCUT2D eigenvalue weighted by Crippen LogP contribution is 2.36. The standard InChI is InChI=1S/C22H25ClN2O3S/c1-2-11-29(27,28)24-13-17-12-19(15-24)21-10-7-18(22(26)25(21)14-17)6-3-16-4-8-20(23)9-5-16/h3-10,17,19H,2,11-15H2,1H3. The lowest BCUT2D eigenvalue weighted by molar-refractivity contribution is 0.186. The quantitative estimate of drug-likeness (QED) is 0.721. The number of piperidine rings is 1. The molecule has 2 unspecified atom stereocenters. The van der Waals surface area contributed by atoms with Gasteiger partial charge < -0.3 is 4.57 Å². The zero-order valence-corrected chi connectivity index (χ0v) is 18.0. The van der Waals surface area contributed by atoms with Crippen LogP contribution in [0.15, 0.2) is 41.2 Å². The van der Waals surface area contributed by atoms with Gasteiger partial charge in [-0.25, -0.2) is 12.7 Å². The van der Waals surface area contributed by atoms with Gasteiger partial charge in [0, 0.05) is 41.8 Å². The Balaban J connectivity index is 1.61. The second kappa shape index (κ2) is 8.09. The normalized spacial score (nSPS) is 22.0. The van der Waals surface area contributed by atoms with Crippen molar-refractivity contribution in [2.45, 2.75) is 32.2 Å². The first-order chi connectivity index (χ1) is 13.9. The molecule has 3 heterocycles. The molecule has 0 saturated carbocycles. The highest BCUT2D eigenvalue weighted by molar-refractivity contribution is 7.89. The molecule has 0 N–H and O–H groups in total. The Morgan fingerprint density at radius 1 is 1.07 bits per heavy atom. The summed E-state index contributed by atoms with van der Waals surface area (Å²) in [5, 5.41) is 0.678. The Hall–Kier alpha value is -1.89. The number of sulfonamides is 1. The Morgan fingerprint density at radius 3 is 2.55 bits per heavy atom. The van der Waals surface area contributed by atoms with E-state index in [4.69, 9.17) is 11.6 Å². The Morgan fingerprint density at radius 2 is 1.83 bits per heavy atom. The predicted molar refractivity (Wildman–Crippen MR) is 118 cm³/mol. The molecule has 4 rings (SSSR count). The number of aromatic nitrogens is 1. The van der Waals surface area contributed by atoms with E-state index in [1.807, 2.05) is 60.0 Å². The molecule has 0 aliphatic carbocycles. The zero-order valence-electron chi connectivity index (χ0n) is 16.4. The highest BCUT2D eigenvalue weighted by Gasteiger charge is 2.38. The van der Waals surface area contributed by atoms with Crippen molar-refractivity contribution in [3.05, 3.63) is 68.6 Å². The number of hydrogen-bond donors (Lipinski definition) is 0. The Bertz CT molecular complexity index is 1090. The number of fused-ring (bicyclic) bond motifs is 4. The minimum Gasteiger partial charge on any atom is -0.311 e. The fourth-order valence-electron chi connectivity index (χ4n) is 4.42. The third-order valence-electron chi connectivity index (χ3n) is 5.78. The van der Waals surface area contributed by atoms with Gasteiger partial charge in [0.25, 0.3) is 5.56 Å². The number of nitrogens with zero attached hydrogens (tertiary/aromatic N) is 2. The molecular formula is C22H25ClN2O3S. The van der Waals surface area contributed by atoms with Crippen molar-refractivity contribution in [2.75, 3.05) is 18.8 Å². The highest BCUT2D eigenvalue weighted by atomic mass is 35.5. The van der Waals surface area contributed by atoms with Gasteiger partial charge in [-0.2, -0.15) is 0 Å². The van der Waals surface area contributed by atoms with Crippen molar-refractivity contribution >= 4 is 33.8 Å². The van der Waals surface area contributed by atoms with Gasteiger partial charge in [-0.1, -0.05) is 36.7 Å². The molecule has 1 aromatic carbocycles. The molecule has 5 nitrogen and oxygen atoms in total. The first-order valence-electron chi connectivity index (χ1n) is 10.0. The minimum atomic E-state index is -3.21. The van der Waals surface area contributed by atoms with E-state index in [2.05, 4.69) is 0 Å². The van der Waals surface area contributed by atoms with Crippen molar-refractivity contribution in [1.29, 1.82) is 0 Å². The Labute approximate surface area is 176 Å². The van der Waals surface area contributed by atoms with Gasteiger partial charge in [-0.05, 0) is 54.7 Å². The molecule has 1 fully saturated rings. The maximum Gasteiger partial charge on any atom is 0.258 e. The summed E-state index contributed by atoms with van der Waals surface area (Å²) in [6.45, 7) is 3.44. The first kappa shape index (κ1) is 20.4. The lowest BCUT2D eigenvalue weighted by Crippen LogP contribution is -2.49. The molecule has 2 aliphatic heterocycles. The van der Waals surface area contributed by atoms with Crippen molar-refractivity contribution in [3.8, 4) is 0 Å². The smallest absolute Gasteiger partial charge is 0.258 e. The third-order valence-corrected chi connectivity index (χ3v) is 8.04. The van der Waals surface area contributed by atoms with Crippen molar-refractivity contribution in [3.63, 3.8) is 0 Å². The van der Waals surface area contributed by atoms with E-state index < -0.39 is 10.0 Å². The van der Waals surface area contributed by atoms with Crippen molar-refractivity contribution in [2.24, 2.45) is 5.92 Å². The summed E-state index contributed by atoms with van der Waals surface area (Å²) in [4.78, 5) is 13.1. The second-order valence-electron chi connectivity index (χ2n) is 7.95. The van der Waals surface area contributed by atoms with Gasteiger partial charge >= 0.3 is 0 Å². The van der Waals surface area contributed by atoms with Crippen LogP contribution in [0, 0.1) is 5.92 Å². The Kier molecular flexibility index (Phi) is 5.69. The van der Waals surface area contributed by atoms with E-state index in [-0.39, 0.29) is 23.1 Å². The average molecular weight is 433 g/mol. The molecule has 1 aromatic heterocycles. The summed E-state index contributed by atoms with van der Waals surface area (Å²) in [6.07, 6.45) is 5.30. The van der Waals surface area contributed by atoms with Gasteiger partial charge in [0.05, 0.1) is 5.75 Å². The summed E-state index contributed by atoms with van der Waals surface area (Å²) in [5.41, 5.74) is 2.56. The van der Waals surface area contributed by atoms with Gasteiger partial charge in [0.1, 0.15) is 0 Å². The van der Waals surface area contributed by atoms with Crippen LogP contribution < -0.4 is 5.56 Å². The van der Waals surface area contributed by atoms with E-state index in [9.17, 15) is 13.2 Å². The van der Waals surface area contributed by atoms with Gasteiger partial charge in [0.2, 0.25) is 10.0 Å². The number of benzene rings is 1.